The molecule has 0 radical (unpaired) electrons. The fourth-order valence-electron chi connectivity index (χ4n) is 3.13. The predicted octanol–water partition coefficient (Wildman–Crippen LogP) is 0.570. The van der Waals surface area contributed by atoms with Crippen molar-refractivity contribution < 1.29 is 31.8 Å². The number of nitrogens with zero attached hydrogens (tertiary/aromatic N) is 6. The molecule has 2 N–H and O–H groups in total. The molecule has 0 aromatic carbocycles. The molecular formula is C18H22N6O7S. The first kappa shape index (κ1) is 23.5. The van der Waals surface area contributed by atoms with Gasteiger partial charge in [-0.3, -0.25) is 18.9 Å². The quantitative estimate of drug-likeness (QED) is 0.594. The van der Waals surface area contributed by atoms with Crippen molar-refractivity contribution in [2.24, 2.45) is 0 Å². The number of pyridine rings is 1. The number of amides is 2. The summed E-state index contributed by atoms with van der Waals surface area (Å²) in [5.41, 5.74) is 1.47. The molecule has 4 rings (SSSR count). The van der Waals surface area contributed by atoms with Crippen molar-refractivity contribution in [1.82, 2.24) is 24.8 Å². The zero-order valence-electron chi connectivity index (χ0n) is 17.3. The molecule has 2 aromatic rings. The van der Waals surface area contributed by atoms with Crippen LogP contribution in [-0.4, -0.2) is 87.5 Å². The third-order valence-corrected chi connectivity index (χ3v) is 4.73. The molecule has 2 amide bonds. The monoisotopic (exact) mass is 466 g/mol. The van der Waals surface area contributed by atoms with Crippen LogP contribution in [0.15, 0.2) is 30.7 Å². The number of likely N-dealkylation sites (N-methyl/N-ethyl adjacent to an activating group) is 1. The molecular weight excluding hydrogens is 444 g/mol. The maximum Gasteiger partial charge on any atom is 0.412 e. The molecule has 2 aliphatic rings. The number of piperazine rings is 1. The van der Waals surface area contributed by atoms with Gasteiger partial charge in [-0.1, -0.05) is 6.07 Å². The van der Waals surface area contributed by atoms with Gasteiger partial charge in [-0.2, -0.15) is 8.42 Å². The highest BCUT2D eigenvalue weighted by molar-refractivity contribution is 7.79. The Kier molecular flexibility index (Phi) is 6.98. The maximum atomic E-state index is 12.9. The van der Waals surface area contributed by atoms with E-state index in [1.165, 1.54) is 17.3 Å². The molecule has 0 aliphatic carbocycles. The van der Waals surface area contributed by atoms with Gasteiger partial charge in [0, 0.05) is 44.8 Å². The van der Waals surface area contributed by atoms with Crippen LogP contribution in [0.5, 0.6) is 0 Å². The molecule has 4 heterocycles. The van der Waals surface area contributed by atoms with Crippen molar-refractivity contribution in [3.8, 4) is 0 Å². The van der Waals surface area contributed by atoms with Crippen molar-refractivity contribution in [2.75, 3.05) is 38.1 Å². The highest BCUT2D eigenvalue weighted by Crippen LogP contribution is 2.35. The molecule has 0 spiro atoms. The third-order valence-electron chi connectivity index (χ3n) is 4.73. The molecule has 1 atom stereocenters. The first-order valence-electron chi connectivity index (χ1n) is 9.45. The molecule has 0 bridgehead atoms. The van der Waals surface area contributed by atoms with Gasteiger partial charge < -0.3 is 14.5 Å². The summed E-state index contributed by atoms with van der Waals surface area (Å²) >= 11 is 0. The molecule has 0 saturated carbocycles. The number of fused-ring (bicyclic) bond motifs is 1. The summed E-state index contributed by atoms with van der Waals surface area (Å²) in [6.45, 7) is 4.61. The predicted molar refractivity (Wildman–Crippen MR) is 110 cm³/mol. The zero-order valence-corrected chi connectivity index (χ0v) is 18.1. The van der Waals surface area contributed by atoms with Gasteiger partial charge >= 0.3 is 16.5 Å². The molecule has 172 valence electrons. The first-order chi connectivity index (χ1) is 15.0. The number of carbonyl (C=O) groups excluding carboxylic acids is 2. The van der Waals surface area contributed by atoms with Crippen LogP contribution in [0.25, 0.3) is 0 Å². The van der Waals surface area contributed by atoms with Gasteiger partial charge in [-0.15, -0.1) is 0 Å². The van der Waals surface area contributed by atoms with E-state index in [1.807, 2.05) is 20.0 Å². The molecule has 32 heavy (non-hydrogen) atoms. The Hall–Kier alpha value is -3.20. The van der Waals surface area contributed by atoms with Crippen LogP contribution in [0.2, 0.25) is 0 Å². The summed E-state index contributed by atoms with van der Waals surface area (Å²) in [6.07, 6.45) is 3.13. The van der Waals surface area contributed by atoms with Crippen molar-refractivity contribution in [1.29, 1.82) is 0 Å². The lowest BCUT2D eigenvalue weighted by atomic mass is 10.3. The van der Waals surface area contributed by atoms with Gasteiger partial charge in [0.25, 0.3) is 5.91 Å². The van der Waals surface area contributed by atoms with Gasteiger partial charge in [0.05, 0.1) is 0 Å². The number of carbonyl (C=O) groups is 2. The van der Waals surface area contributed by atoms with Gasteiger partial charge in [0.1, 0.15) is 11.5 Å². The fraction of sp³-hybridized carbons (Fsp3) is 0.389. The lowest BCUT2D eigenvalue weighted by Crippen LogP contribution is -2.48. The summed E-state index contributed by atoms with van der Waals surface area (Å²) in [6, 6.07) is 3.56. The summed E-state index contributed by atoms with van der Waals surface area (Å²) in [5, 5.41) is 0. The Balaban J connectivity index is 0.000000523. The van der Waals surface area contributed by atoms with E-state index in [9.17, 15) is 9.59 Å². The highest BCUT2D eigenvalue weighted by Gasteiger charge is 2.44. The summed E-state index contributed by atoms with van der Waals surface area (Å²) < 4.78 is 37.3. The second kappa shape index (κ2) is 9.52. The van der Waals surface area contributed by atoms with Gasteiger partial charge in [-0.05, 0) is 25.6 Å². The van der Waals surface area contributed by atoms with E-state index in [0.717, 1.165) is 18.7 Å². The molecule has 1 fully saturated rings. The maximum absolute atomic E-state index is 12.9. The molecule has 13 nitrogen and oxygen atoms in total. The minimum absolute atomic E-state index is 0.177. The van der Waals surface area contributed by atoms with Gasteiger partial charge in [-0.25, -0.2) is 19.7 Å². The van der Waals surface area contributed by atoms with E-state index >= 15 is 0 Å². The largest absolute Gasteiger partial charge is 0.419 e. The Labute approximate surface area is 184 Å². The average molecular weight is 466 g/mol. The Morgan fingerprint density at radius 1 is 1.09 bits per heavy atom. The number of aromatic nitrogens is 3. The summed E-state index contributed by atoms with van der Waals surface area (Å²) in [5.74, 6) is 0.00667. The SMILES string of the molecule is Cc1ccc(N2C(=O)c3nccnc3[C@@H]2OC(=O)N2CCN(C)CC2)nc1.O=S(=O)(O)O. The number of aryl methyl sites for hydroxylation is 1. The third kappa shape index (κ3) is 5.73. The number of ether oxygens (including phenoxy) is 1. The average Bonchev–Trinajstić information content (AvgIpc) is 3.00. The standard InChI is InChI=1S/C18H20N6O3.H2O4S/c1-12-3-4-13(21-11-12)24-16(25)14-15(20-6-5-19-14)17(24)27-18(26)23-9-7-22(2)8-10-23;1-5(2,3)4/h3-6,11,17H,7-10H2,1-2H3;(H2,1,2,3,4)/t17-;/m0./s1. The van der Waals surface area contributed by atoms with Crippen molar-refractivity contribution in [2.45, 2.75) is 13.2 Å². The van der Waals surface area contributed by atoms with E-state index < -0.39 is 22.7 Å². The summed E-state index contributed by atoms with van der Waals surface area (Å²) in [4.78, 5) is 43.3. The second-order valence-electron chi connectivity index (χ2n) is 7.13. The van der Waals surface area contributed by atoms with Crippen LogP contribution in [0.1, 0.15) is 28.0 Å². The number of hydrogen-bond donors (Lipinski definition) is 2. The number of anilines is 1. The van der Waals surface area contributed by atoms with Crippen LogP contribution in [-0.2, 0) is 15.1 Å². The van der Waals surface area contributed by atoms with Crippen LogP contribution in [0, 0.1) is 6.92 Å². The van der Waals surface area contributed by atoms with E-state index in [1.54, 1.807) is 17.2 Å². The molecule has 1 saturated heterocycles. The van der Waals surface area contributed by atoms with E-state index in [-0.39, 0.29) is 11.6 Å². The summed E-state index contributed by atoms with van der Waals surface area (Å²) in [7, 11) is -2.66. The number of hydrogen-bond acceptors (Lipinski definition) is 9. The second-order valence-corrected chi connectivity index (χ2v) is 8.03. The van der Waals surface area contributed by atoms with Crippen molar-refractivity contribution >= 4 is 28.2 Å². The van der Waals surface area contributed by atoms with Crippen molar-refractivity contribution in [3.63, 3.8) is 0 Å². The van der Waals surface area contributed by atoms with Gasteiger partial charge in [0.2, 0.25) is 6.23 Å². The number of rotatable bonds is 2. The zero-order chi connectivity index (χ0) is 23.5. The van der Waals surface area contributed by atoms with E-state index in [4.69, 9.17) is 22.3 Å². The minimum Gasteiger partial charge on any atom is -0.419 e. The Morgan fingerprint density at radius 3 is 2.31 bits per heavy atom. The first-order valence-corrected chi connectivity index (χ1v) is 10.9. The Bertz CT molecular complexity index is 1080. The Morgan fingerprint density at radius 2 is 1.72 bits per heavy atom. The van der Waals surface area contributed by atoms with E-state index in [0.29, 0.717) is 24.6 Å². The fourth-order valence-corrected chi connectivity index (χ4v) is 3.13. The van der Waals surface area contributed by atoms with Crippen LogP contribution in [0.4, 0.5) is 10.6 Å². The van der Waals surface area contributed by atoms with Crippen LogP contribution in [0.3, 0.4) is 0 Å². The van der Waals surface area contributed by atoms with Gasteiger partial charge in [0.15, 0.2) is 5.69 Å². The highest BCUT2D eigenvalue weighted by atomic mass is 32.3. The van der Waals surface area contributed by atoms with Crippen molar-refractivity contribution in [3.05, 3.63) is 47.7 Å². The van der Waals surface area contributed by atoms with Crippen LogP contribution >= 0.6 is 0 Å². The molecule has 2 aliphatic heterocycles. The lowest BCUT2D eigenvalue weighted by Gasteiger charge is -2.33. The molecule has 14 heteroatoms. The van der Waals surface area contributed by atoms with E-state index in [2.05, 4.69) is 19.9 Å². The minimum atomic E-state index is -4.67. The smallest absolute Gasteiger partial charge is 0.412 e. The molecule has 0 unspecified atom stereocenters. The normalized spacial score (nSPS) is 18.6. The lowest BCUT2D eigenvalue weighted by molar-refractivity contribution is 0.0476. The topological polar surface area (TPSA) is 166 Å². The van der Waals surface area contributed by atoms with Crippen LogP contribution < -0.4 is 4.90 Å². The molecule has 2 aromatic heterocycles.